The van der Waals surface area contributed by atoms with Crippen LogP contribution in [0.5, 0.6) is 0 Å². The van der Waals surface area contributed by atoms with Crippen LogP contribution in [0.15, 0.2) is 18.6 Å². The lowest BCUT2D eigenvalue weighted by atomic mass is 9.99. The highest BCUT2D eigenvalue weighted by atomic mass is 15.3. The number of likely N-dealkylation sites (N-methyl/N-ethyl adjacent to an activating group) is 1. The normalized spacial score (nSPS) is 23.0. The monoisotopic (exact) mass is 313 g/mol. The third kappa shape index (κ3) is 2.61. The first kappa shape index (κ1) is 14.9. The van der Waals surface area contributed by atoms with Crippen LogP contribution in [-0.4, -0.2) is 52.6 Å². The van der Waals surface area contributed by atoms with Gasteiger partial charge in [-0.05, 0) is 31.9 Å². The molecule has 2 aromatic heterocycles. The quantitative estimate of drug-likeness (QED) is 0.833. The van der Waals surface area contributed by atoms with Gasteiger partial charge in [0.25, 0.3) is 0 Å². The zero-order valence-electron chi connectivity index (χ0n) is 14.3. The van der Waals surface area contributed by atoms with Crippen molar-refractivity contribution in [3.8, 4) is 0 Å². The summed E-state index contributed by atoms with van der Waals surface area (Å²) in [6.07, 6.45) is 10.3. The molecule has 0 radical (unpaired) electrons. The number of unbranched alkanes of at least 4 members (excludes halogenated alkanes) is 2. The van der Waals surface area contributed by atoms with E-state index in [-0.39, 0.29) is 0 Å². The summed E-state index contributed by atoms with van der Waals surface area (Å²) in [6, 6.07) is 2.67. The minimum Gasteiger partial charge on any atom is -0.354 e. The molecule has 1 atom stereocenters. The van der Waals surface area contributed by atoms with Gasteiger partial charge in [-0.1, -0.05) is 19.8 Å². The average molecular weight is 313 g/mol. The van der Waals surface area contributed by atoms with Crippen molar-refractivity contribution in [2.45, 2.75) is 45.1 Å². The van der Waals surface area contributed by atoms with Crippen molar-refractivity contribution in [1.29, 1.82) is 0 Å². The van der Waals surface area contributed by atoms with E-state index in [1.54, 1.807) is 6.33 Å². The van der Waals surface area contributed by atoms with Crippen LogP contribution in [-0.2, 0) is 0 Å². The lowest BCUT2D eigenvalue weighted by molar-refractivity contribution is 0.311. The Morgan fingerprint density at radius 1 is 1.35 bits per heavy atom. The van der Waals surface area contributed by atoms with E-state index in [0.29, 0.717) is 11.5 Å². The van der Waals surface area contributed by atoms with Crippen LogP contribution in [0.4, 0.5) is 5.82 Å². The van der Waals surface area contributed by atoms with Gasteiger partial charge in [-0.25, -0.2) is 9.97 Å². The van der Waals surface area contributed by atoms with E-state index in [0.717, 1.165) is 16.9 Å². The van der Waals surface area contributed by atoms with Crippen molar-refractivity contribution >= 4 is 16.9 Å². The number of anilines is 1. The molecule has 1 unspecified atom stereocenters. The minimum atomic E-state index is 0.508. The van der Waals surface area contributed by atoms with Crippen LogP contribution >= 0.6 is 0 Å². The highest BCUT2D eigenvalue weighted by Gasteiger charge is 2.56. The Bertz CT molecular complexity index is 675. The Morgan fingerprint density at radius 2 is 2.22 bits per heavy atom. The van der Waals surface area contributed by atoms with Crippen molar-refractivity contribution in [3.05, 3.63) is 18.6 Å². The maximum Gasteiger partial charge on any atom is 0.142 e. The first-order chi connectivity index (χ1) is 11.2. The molecule has 1 N–H and O–H groups in total. The number of aromatic amines is 1. The molecule has 1 aliphatic carbocycles. The Hall–Kier alpha value is -1.62. The van der Waals surface area contributed by atoms with Crippen LogP contribution in [0, 0.1) is 5.41 Å². The molecular formula is C18H27N5. The fourth-order valence-electron chi connectivity index (χ4n) is 4.28. The molecule has 1 saturated carbocycles. The van der Waals surface area contributed by atoms with Crippen LogP contribution in [0.1, 0.15) is 39.0 Å². The molecule has 23 heavy (non-hydrogen) atoms. The number of hydrogen-bond donors (Lipinski definition) is 1. The molecule has 2 aromatic rings. The van der Waals surface area contributed by atoms with Gasteiger partial charge in [-0.3, -0.25) is 0 Å². The van der Waals surface area contributed by atoms with Crippen molar-refractivity contribution in [3.63, 3.8) is 0 Å². The Balaban J connectivity index is 1.54. The molecule has 2 fully saturated rings. The molecule has 5 nitrogen and oxygen atoms in total. The van der Waals surface area contributed by atoms with E-state index in [4.69, 9.17) is 0 Å². The van der Waals surface area contributed by atoms with E-state index < -0.39 is 0 Å². The molecule has 0 aromatic carbocycles. The van der Waals surface area contributed by atoms with Gasteiger partial charge < -0.3 is 14.8 Å². The van der Waals surface area contributed by atoms with Gasteiger partial charge in [-0.2, -0.15) is 0 Å². The summed E-state index contributed by atoms with van der Waals surface area (Å²) < 4.78 is 0. The number of H-pyrrole nitrogens is 1. The van der Waals surface area contributed by atoms with Gasteiger partial charge in [-0.15, -0.1) is 0 Å². The number of nitrogens with zero attached hydrogens (tertiary/aromatic N) is 4. The van der Waals surface area contributed by atoms with Gasteiger partial charge in [0.1, 0.15) is 17.8 Å². The number of hydrogen-bond acceptors (Lipinski definition) is 4. The van der Waals surface area contributed by atoms with Crippen molar-refractivity contribution in [2.75, 3.05) is 31.6 Å². The van der Waals surface area contributed by atoms with Gasteiger partial charge in [0.2, 0.25) is 0 Å². The second kappa shape index (κ2) is 5.78. The number of rotatable bonds is 6. The maximum absolute atomic E-state index is 4.59. The zero-order valence-corrected chi connectivity index (χ0v) is 14.3. The second-order valence-corrected chi connectivity index (χ2v) is 7.37. The molecule has 124 valence electrons. The minimum absolute atomic E-state index is 0.508. The van der Waals surface area contributed by atoms with E-state index in [9.17, 15) is 0 Å². The summed E-state index contributed by atoms with van der Waals surface area (Å²) in [5.74, 6) is 1.07. The maximum atomic E-state index is 4.59. The van der Waals surface area contributed by atoms with Crippen molar-refractivity contribution in [2.24, 2.45) is 5.41 Å². The Morgan fingerprint density at radius 3 is 3.00 bits per heavy atom. The molecular weight excluding hydrogens is 286 g/mol. The van der Waals surface area contributed by atoms with Crippen molar-refractivity contribution < 1.29 is 0 Å². The third-order valence-electron chi connectivity index (χ3n) is 5.78. The highest BCUT2D eigenvalue weighted by molar-refractivity contribution is 5.87. The molecule has 2 aliphatic rings. The van der Waals surface area contributed by atoms with E-state index in [1.165, 1.54) is 51.7 Å². The number of fused-ring (bicyclic) bond motifs is 1. The average Bonchev–Trinajstić information content (AvgIpc) is 3.01. The second-order valence-electron chi connectivity index (χ2n) is 7.37. The van der Waals surface area contributed by atoms with Crippen LogP contribution in [0.2, 0.25) is 0 Å². The molecule has 1 saturated heterocycles. The summed E-state index contributed by atoms with van der Waals surface area (Å²) >= 11 is 0. The van der Waals surface area contributed by atoms with E-state index in [1.807, 2.05) is 6.20 Å². The molecule has 5 heteroatoms. The molecule has 4 rings (SSSR count). The molecule has 1 spiro atoms. The van der Waals surface area contributed by atoms with E-state index in [2.05, 4.69) is 44.8 Å². The Labute approximate surface area is 138 Å². The predicted octanol–water partition coefficient (Wildman–Crippen LogP) is 3.05. The zero-order chi connectivity index (χ0) is 15.9. The fraction of sp³-hybridized carbons (Fsp3) is 0.667. The summed E-state index contributed by atoms with van der Waals surface area (Å²) in [6.45, 7) is 5.98. The lowest BCUT2D eigenvalue weighted by Gasteiger charge is -2.30. The van der Waals surface area contributed by atoms with Gasteiger partial charge in [0.15, 0.2) is 0 Å². The summed E-state index contributed by atoms with van der Waals surface area (Å²) in [4.78, 5) is 17.2. The fourth-order valence-corrected chi connectivity index (χ4v) is 4.28. The largest absolute Gasteiger partial charge is 0.354 e. The van der Waals surface area contributed by atoms with Gasteiger partial charge in [0.05, 0.1) is 5.39 Å². The van der Waals surface area contributed by atoms with Crippen LogP contribution < -0.4 is 4.90 Å². The Kier molecular flexibility index (Phi) is 3.76. The SMILES string of the molecule is CCCCCN1CC(N(C)c2ncnc3[nH]ccc23)C2(CC2)C1. The first-order valence-corrected chi connectivity index (χ1v) is 8.97. The van der Waals surface area contributed by atoms with Crippen LogP contribution in [0.25, 0.3) is 11.0 Å². The lowest BCUT2D eigenvalue weighted by Crippen LogP contribution is -2.40. The third-order valence-corrected chi connectivity index (χ3v) is 5.78. The first-order valence-electron chi connectivity index (χ1n) is 8.97. The molecule has 0 bridgehead atoms. The highest BCUT2D eigenvalue weighted by Crippen LogP contribution is 2.55. The standard InChI is InChI=1S/C18H27N5/c1-3-4-5-10-23-11-15(18(12-23)7-8-18)22(2)17-14-6-9-19-16(14)20-13-21-17/h6,9,13,15H,3-5,7-8,10-12H2,1-2H3,(H,19,20,21). The molecule has 1 aliphatic heterocycles. The summed E-state index contributed by atoms with van der Waals surface area (Å²) in [7, 11) is 2.22. The van der Waals surface area contributed by atoms with E-state index >= 15 is 0 Å². The number of nitrogens with one attached hydrogen (secondary N) is 1. The molecule has 3 heterocycles. The number of aromatic nitrogens is 3. The topological polar surface area (TPSA) is 48.1 Å². The van der Waals surface area contributed by atoms with Gasteiger partial charge in [0, 0.05) is 37.8 Å². The predicted molar refractivity (Wildman–Crippen MR) is 93.7 cm³/mol. The smallest absolute Gasteiger partial charge is 0.142 e. The summed E-state index contributed by atoms with van der Waals surface area (Å²) in [5.41, 5.74) is 1.44. The van der Waals surface area contributed by atoms with Crippen molar-refractivity contribution in [1.82, 2.24) is 19.9 Å². The molecule has 0 amide bonds. The van der Waals surface area contributed by atoms with Crippen LogP contribution in [0.3, 0.4) is 0 Å². The number of likely N-dealkylation sites (tertiary alicyclic amines) is 1. The summed E-state index contributed by atoms with van der Waals surface area (Å²) in [5, 5.41) is 1.13. The van der Waals surface area contributed by atoms with Gasteiger partial charge >= 0.3 is 0 Å².